The molecule has 0 aliphatic rings. The van der Waals surface area contributed by atoms with E-state index >= 15 is 0 Å². The fourth-order valence-corrected chi connectivity index (χ4v) is 1.52. The van der Waals surface area contributed by atoms with Gasteiger partial charge < -0.3 is 19.7 Å². The highest BCUT2D eigenvalue weighted by atomic mass is 16.5. The highest BCUT2D eigenvalue weighted by Crippen LogP contribution is 2.30. The predicted molar refractivity (Wildman–Crippen MR) is 72.0 cm³/mol. The fourth-order valence-electron chi connectivity index (χ4n) is 1.52. The number of methoxy groups -OCH3 is 1. The van der Waals surface area contributed by atoms with Gasteiger partial charge in [0, 0.05) is 6.08 Å². The highest BCUT2D eigenvalue weighted by molar-refractivity contribution is 5.85. The van der Waals surface area contributed by atoms with Crippen molar-refractivity contribution < 1.29 is 29.3 Å². The lowest BCUT2D eigenvalue weighted by molar-refractivity contribution is -0.145. The van der Waals surface area contributed by atoms with Crippen molar-refractivity contribution in [3.05, 3.63) is 29.8 Å². The maximum absolute atomic E-state index is 11.0. The molecule has 0 fully saturated rings. The van der Waals surface area contributed by atoms with Crippen molar-refractivity contribution in [2.45, 2.75) is 19.4 Å². The number of benzene rings is 1. The lowest BCUT2D eigenvalue weighted by atomic mass is 10.2. The Hall–Kier alpha value is -2.50. The summed E-state index contributed by atoms with van der Waals surface area (Å²) in [4.78, 5) is 21.5. The first-order valence-corrected chi connectivity index (χ1v) is 5.96. The van der Waals surface area contributed by atoms with Gasteiger partial charge in [-0.25, -0.2) is 9.59 Å². The summed E-state index contributed by atoms with van der Waals surface area (Å²) in [6.07, 6.45) is 1.69. The summed E-state index contributed by atoms with van der Waals surface area (Å²) in [7, 11) is 1.44. The molecule has 0 aliphatic carbocycles. The first-order valence-electron chi connectivity index (χ1n) is 5.96. The molecular weight excluding hydrogens is 264 g/mol. The van der Waals surface area contributed by atoms with Crippen molar-refractivity contribution in [1.29, 1.82) is 0 Å². The standard InChI is InChI=1S/C14H16O6/c1-3-10(14(17)18)20-12-8-9(5-7-13(15)16)4-6-11(12)19-2/h4-8,10H,3H2,1-2H3,(H,15,16)(H,17,18). The largest absolute Gasteiger partial charge is 0.493 e. The number of hydrogen-bond acceptors (Lipinski definition) is 4. The minimum atomic E-state index is -1.07. The summed E-state index contributed by atoms with van der Waals surface area (Å²) in [5, 5.41) is 17.6. The molecule has 0 bridgehead atoms. The van der Waals surface area contributed by atoms with E-state index in [1.54, 1.807) is 19.1 Å². The molecule has 108 valence electrons. The van der Waals surface area contributed by atoms with Gasteiger partial charge in [0.25, 0.3) is 0 Å². The third-order valence-electron chi connectivity index (χ3n) is 2.52. The molecule has 0 saturated carbocycles. The average Bonchev–Trinajstić information content (AvgIpc) is 2.42. The molecule has 1 rings (SSSR count). The molecule has 0 radical (unpaired) electrons. The minimum absolute atomic E-state index is 0.259. The number of ether oxygens (including phenoxy) is 2. The number of carboxylic acid groups (broad SMARTS) is 2. The van der Waals surface area contributed by atoms with Crippen LogP contribution in [0.25, 0.3) is 6.08 Å². The summed E-state index contributed by atoms with van der Waals surface area (Å²) in [6, 6.07) is 4.77. The van der Waals surface area contributed by atoms with Gasteiger partial charge in [-0.2, -0.15) is 0 Å². The maximum Gasteiger partial charge on any atom is 0.344 e. The Morgan fingerprint density at radius 3 is 2.50 bits per heavy atom. The zero-order chi connectivity index (χ0) is 15.1. The molecule has 6 nitrogen and oxygen atoms in total. The van der Waals surface area contributed by atoms with E-state index in [9.17, 15) is 9.59 Å². The van der Waals surface area contributed by atoms with Crippen molar-refractivity contribution >= 4 is 18.0 Å². The van der Waals surface area contributed by atoms with Crippen LogP contribution in [0.2, 0.25) is 0 Å². The van der Waals surface area contributed by atoms with Gasteiger partial charge in [0.05, 0.1) is 7.11 Å². The molecule has 0 aromatic heterocycles. The van der Waals surface area contributed by atoms with E-state index in [0.29, 0.717) is 17.7 Å². The van der Waals surface area contributed by atoms with Crippen LogP contribution in [0.4, 0.5) is 0 Å². The maximum atomic E-state index is 11.0. The van der Waals surface area contributed by atoms with Gasteiger partial charge in [-0.3, -0.25) is 0 Å². The van der Waals surface area contributed by atoms with Crippen LogP contribution in [0.5, 0.6) is 11.5 Å². The van der Waals surface area contributed by atoms with E-state index in [4.69, 9.17) is 19.7 Å². The molecule has 0 saturated heterocycles. The lowest BCUT2D eigenvalue weighted by Gasteiger charge is -2.16. The van der Waals surface area contributed by atoms with Crippen molar-refractivity contribution in [2.75, 3.05) is 7.11 Å². The van der Waals surface area contributed by atoms with Gasteiger partial charge in [0.2, 0.25) is 0 Å². The molecule has 1 aromatic carbocycles. The Labute approximate surface area is 116 Å². The van der Waals surface area contributed by atoms with Gasteiger partial charge in [0.15, 0.2) is 17.6 Å². The second-order valence-corrected chi connectivity index (χ2v) is 3.93. The predicted octanol–water partition coefficient (Wildman–Crippen LogP) is 2.04. The van der Waals surface area contributed by atoms with Crippen LogP contribution in [0.3, 0.4) is 0 Å². The molecule has 2 N–H and O–H groups in total. The van der Waals surface area contributed by atoms with Crippen LogP contribution < -0.4 is 9.47 Å². The van der Waals surface area contributed by atoms with E-state index < -0.39 is 18.0 Å². The first-order chi connectivity index (χ1) is 9.47. The van der Waals surface area contributed by atoms with Gasteiger partial charge in [-0.15, -0.1) is 0 Å². The molecule has 1 atom stereocenters. The van der Waals surface area contributed by atoms with Gasteiger partial charge in [0.1, 0.15) is 0 Å². The third-order valence-corrected chi connectivity index (χ3v) is 2.52. The Balaban J connectivity index is 3.05. The fraction of sp³-hybridized carbons (Fsp3) is 0.286. The Morgan fingerprint density at radius 1 is 1.30 bits per heavy atom. The Morgan fingerprint density at radius 2 is 2.00 bits per heavy atom. The number of hydrogen-bond donors (Lipinski definition) is 2. The minimum Gasteiger partial charge on any atom is -0.493 e. The Bertz CT molecular complexity index is 520. The number of aliphatic carboxylic acids is 2. The SMILES string of the molecule is CCC(Oc1cc(C=CC(=O)O)ccc1OC)C(=O)O. The van der Waals surface area contributed by atoms with Gasteiger partial charge >= 0.3 is 11.9 Å². The summed E-state index contributed by atoms with van der Waals surface area (Å²) in [6.45, 7) is 1.69. The van der Waals surface area contributed by atoms with Gasteiger partial charge in [-0.1, -0.05) is 13.0 Å². The molecule has 0 heterocycles. The second kappa shape index (κ2) is 7.18. The van der Waals surface area contributed by atoms with Crippen molar-refractivity contribution in [3.63, 3.8) is 0 Å². The molecule has 6 heteroatoms. The van der Waals surface area contributed by atoms with E-state index in [1.807, 2.05) is 0 Å². The van der Waals surface area contributed by atoms with Crippen molar-refractivity contribution in [1.82, 2.24) is 0 Å². The quantitative estimate of drug-likeness (QED) is 0.742. The number of rotatable bonds is 7. The highest BCUT2D eigenvalue weighted by Gasteiger charge is 2.19. The van der Waals surface area contributed by atoms with Crippen LogP contribution in [-0.4, -0.2) is 35.4 Å². The average molecular weight is 280 g/mol. The zero-order valence-corrected chi connectivity index (χ0v) is 11.2. The first kappa shape index (κ1) is 15.6. The number of carboxylic acids is 2. The summed E-state index contributed by atoms with van der Waals surface area (Å²) in [5.74, 6) is -1.49. The molecule has 0 aliphatic heterocycles. The summed E-state index contributed by atoms with van der Waals surface area (Å²) in [5.41, 5.74) is 0.573. The topological polar surface area (TPSA) is 93.1 Å². The molecule has 0 spiro atoms. The van der Waals surface area contributed by atoms with E-state index in [-0.39, 0.29) is 5.75 Å². The lowest BCUT2D eigenvalue weighted by Crippen LogP contribution is -2.26. The van der Waals surface area contributed by atoms with E-state index in [0.717, 1.165) is 6.08 Å². The molecular formula is C14H16O6. The van der Waals surface area contributed by atoms with Crippen LogP contribution in [-0.2, 0) is 9.59 Å². The molecule has 0 amide bonds. The van der Waals surface area contributed by atoms with E-state index in [1.165, 1.54) is 19.3 Å². The summed E-state index contributed by atoms with van der Waals surface area (Å²) < 4.78 is 10.5. The molecule has 1 aromatic rings. The van der Waals surface area contributed by atoms with Crippen molar-refractivity contribution in [3.8, 4) is 11.5 Å². The zero-order valence-electron chi connectivity index (χ0n) is 11.2. The molecule has 1 unspecified atom stereocenters. The second-order valence-electron chi connectivity index (χ2n) is 3.93. The Kier molecular flexibility index (Phi) is 5.58. The number of carbonyl (C=O) groups is 2. The van der Waals surface area contributed by atoms with Crippen LogP contribution in [0, 0.1) is 0 Å². The van der Waals surface area contributed by atoms with Gasteiger partial charge in [-0.05, 0) is 30.2 Å². The normalized spacial score (nSPS) is 12.1. The van der Waals surface area contributed by atoms with Crippen LogP contribution >= 0.6 is 0 Å². The third kappa shape index (κ3) is 4.31. The van der Waals surface area contributed by atoms with E-state index in [2.05, 4.69) is 0 Å². The summed E-state index contributed by atoms with van der Waals surface area (Å²) >= 11 is 0. The van der Waals surface area contributed by atoms with Crippen LogP contribution in [0.15, 0.2) is 24.3 Å². The monoisotopic (exact) mass is 280 g/mol. The smallest absolute Gasteiger partial charge is 0.344 e. The molecule has 20 heavy (non-hydrogen) atoms. The van der Waals surface area contributed by atoms with Crippen molar-refractivity contribution in [2.24, 2.45) is 0 Å². The van der Waals surface area contributed by atoms with Crippen LogP contribution in [0.1, 0.15) is 18.9 Å².